The number of anilines is 1. The first-order valence-corrected chi connectivity index (χ1v) is 9.56. The number of benzene rings is 1. The van der Waals surface area contributed by atoms with E-state index in [4.69, 9.17) is 14.2 Å². The van der Waals surface area contributed by atoms with E-state index >= 15 is 0 Å². The van der Waals surface area contributed by atoms with Crippen molar-refractivity contribution in [2.75, 3.05) is 25.1 Å². The molecule has 0 radical (unpaired) electrons. The molecule has 8 heteroatoms. The first-order valence-electron chi connectivity index (χ1n) is 9.56. The lowest BCUT2D eigenvalue weighted by Crippen LogP contribution is -2.30. The monoisotopic (exact) mass is 384 g/mol. The maximum Gasteiger partial charge on any atom is 0.338 e. The average molecular weight is 384 g/mol. The molecular formula is C20H24N4O4. The molecule has 0 aliphatic carbocycles. The molecule has 2 aromatic rings. The van der Waals surface area contributed by atoms with Gasteiger partial charge in [0.1, 0.15) is 24.7 Å². The molecule has 1 aromatic carbocycles. The van der Waals surface area contributed by atoms with Crippen LogP contribution in [-0.4, -0.2) is 46.7 Å². The molecule has 0 bridgehead atoms. The van der Waals surface area contributed by atoms with E-state index < -0.39 is 6.04 Å². The van der Waals surface area contributed by atoms with Gasteiger partial charge in [-0.05, 0) is 44.4 Å². The van der Waals surface area contributed by atoms with Crippen LogP contribution in [0.25, 0.3) is 0 Å². The highest BCUT2D eigenvalue weighted by Gasteiger charge is 2.35. The lowest BCUT2D eigenvalue weighted by molar-refractivity contribution is -0.142. The van der Waals surface area contributed by atoms with Crippen molar-refractivity contribution < 1.29 is 19.0 Å². The molecule has 1 N–H and O–H groups in total. The molecule has 0 unspecified atom stereocenters. The van der Waals surface area contributed by atoms with Crippen LogP contribution >= 0.6 is 0 Å². The lowest BCUT2D eigenvalue weighted by atomic mass is 9.95. The van der Waals surface area contributed by atoms with Crippen LogP contribution in [0, 0.1) is 0 Å². The van der Waals surface area contributed by atoms with E-state index in [9.17, 15) is 4.79 Å². The standard InChI is InChI=1S/C20H24N4O4/c1-3-26-15-7-4-6-14(10-15)18-17(13(2)23-20-21-12-22-24(18)20)19(25)28-11-16-8-5-9-27-16/h4,6-7,10,12,16,18H,3,5,8-9,11H2,1-2H3,(H,21,22,23)/t16-,18-/m0/s1. The molecule has 3 heterocycles. The number of hydrogen-bond donors (Lipinski definition) is 1. The third-order valence-electron chi connectivity index (χ3n) is 4.92. The highest BCUT2D eigenvalue weighted by Crippen LogP contribution is 2.36. The smallest absolute Gasteiger partial charge is 0.338 e. The van der Waals surface area contributed by atoms with Crippen molar-refractivity contribution in [1.82, 2.24) is 14.8 Å². The SMILES string of the molecule is CCOc1cccc([C@H]2C(C(=O)OC[C@@H]3CCCO3)=C(C)Nc3ncnn32)c1. The fourth-order valence-corrected chi connectivity index (χ4v) is 3.63. The van der Waals surface area contributed by atoms with Crippen LogP contribution in [0.4, 0.5) is 5.95 Å². The van der Waals surface area contributed by atoms with Crippen molar-refractivity contribution in [3.05, 3.63) is 47.4 Å². The summed E-state index contributed by atoms with van der Waals surface area (Å²) in [4.78, 5) is 17.3. The fraction of sp³-hybridized carbons (Fsp3) is 0.450. The topological polar surface area (TPSA) is 87.5 Å². The Balaban J connectivity index is 1.66. The molecule has 148 valence electrons. The van der Waals surface area contributed by atoms with Crippen LogP contribution in [0.15, 0.2) is 41.9 Å². The number of ether oxygens (including phenoxy) is 3. The zero-order valence-electron chi connectivity index (χ0n) is 16.1. The predicted molar refractivity (Wildman–Crippen MR) is 102 cm³/mol. The second-order valence-electron chi connectivity index (χ2n) is 6.83. The Bertz CT molecular complexity index is 886. The maximum absolute atomic E-state index is 13.0. The van der Waals surface area contributed by atoms with Crippen molar-refractivity contribution in [1.29, 1.82) is 0 Å². The number of carbonyl (C=O) groups is 1. The van der Waals surface area contributed by atoms with Crippen LogP contribution in [0.3, 0.4) is 0 Å². The molecule has 2 aliphatic heterocycles. The summed E-state index contributed by atoms with van der Waals surface area (Å²) in [5.74, 6) is 0.943. The van der Waals surface area contributed by atoms with E-state index in [1.165, 1.54) is 6.33 Å². The van der Waals surface area contributed by atoms with Crippen LogP contribution < -0.4 is 10.1 Å². The van der Waals surface area contributed by atoms with E-state index in [1.807, 2.05) is 38.1 Å². The number of nitrogens with one attached hydrogen (secondary N) is 1. The van der Waals surface area contributed by atoms with Crippen molar-refractivity contribution in [2.24, 2.45) is 0 Å². The Morgan fingerprint density at radius 2 is 2.32 bits per heavy atom. The summed E-state index contributed by atoms with van der Waals surface area (Å²) < 4.78 is 18.5. The summed E-state index contributed by atoms with van der Waals surface area (Å²) in [6.45, 7) is 5.33. The van der Waals surface area contributed by atoms with Gasteiger partial charge in [-0.1, -0.05) is 12.1 Å². The number of carbonyl (C=O) groups excluding carboxylic acids is 1. The van der Waals surface area contributed by atoms with Gasteiger partial charge in [0.2, 0.25) is 5.95 Å². The summed E-state index contributed by atoms with van der Waals surface area (Å²) >= 11 is 0. The van der Waals surface area contributed by atoms with E-state index in [-0.39, 0.29) is 18.7 Å². The first-order chi connectivity index (χ1) is 13.7. The van der Waals surface area contributed by atoms with Gasteiger partial charge in [0, 0.05) is 12.3 Å². The molecule has 4 rings (SSSR count). The van der Waals surface area contributed by atoms with E-state index in [1.54, 1.807) is 4.68 Å². The van der Waals surface area contributed by atoms with Gasteiger partial charge in [0.25, 0.3) is 0 Å². The highest BCUT2D eigenvalue weighted by molar-refractivity contribution is 5.92. The first kappa shape index (κ1) is 18.5. The molecular weight excluding hydrogens is 360 g/mol. The van der Waals surface area contributed by atoms with E-state index in [0.29, 0.717) is 23.8 Å². The summed E-state index contributed by atoms with van der Waals surface area (Å²) in [7, 11) is 0. The quantitative estimate of drug-likeness (QED) is 0.766. The zero-order chi connectivity index (χ0) is 19.5. The minimum absolute atomic E-state index is 0.0249. The van der Waals surface area contributed by atoms with Crippen LogP contribution in [-0.2, 0) is 14.3 Å². The number of esters is 1. The molecule has 2 atom stereocenters. The second-order valence-corrected chi connectivity index (χ2v) is 6.83. The molecule has 0 amide bonds. The van der Waals surface area contributed by atoms with Crippen LogP contribution in [0.1, 0.15) is 38.3 Å². The van der Waals surface area contributed by atoms with E-state index in [0.717, 1.165) is 30.8 Å². The van der Waals surface area contributed by atoms with Crippen LogP contribution in [0.5, 0.6) is 5.75 Å². The molecule has 1 fully saturated rings. The van der Waals surface area contributed by atoms with Gasteiger partial charge in [-0.3, -0.25) is 0 Å². The van der Waals surface area contributed by atoms with E-state index in [2.05, 4.69) is 15.4 Å². The van der Waals surface area contributed by atoms with Gasteiger partial charge >= 0.3 is 5.97 Å². The third kappa shape index (κ3) is 3.60. The Morgan fingerprint density at radius 1 is 1.43 bits per heavy atom. The molecule has 2 aliphatic rings. The Labute approximate surface area is 163 Å². The van der Waals surface area contributed by atoms with Crippen molar-refractivity contribution >= 4 is 11.9 Å². The van der Waals surface area contributed by atoms with Gasteiger partial charge in [-0.15, -0.1) is 0 Å². The van der Waals surface area contributed by atoms with Crippen molar-refractivity contribution in [3.63, 3.8) is 0 Å². The van der Waals surface area contributed by atoms with Crippen molar-refractivity contribution in [3.8, 4) is 5.75 Å². The fourth-order valence-electron chi connectivity index (χ4n) is 3.63. The lowest BCUT2D eigenvalue weighted by Gasteiger charge is -2.28. The minimum atomic E-state index is -0.448. The Kier molecular flexibility index (Phi) is 5.29. The summed E-state index contributed by atoms with van der Waals surface area (Å²) in [6, 6.07) is 7.22. The number of hydrogen-bond acceptors (Lipinski definition) is 7. The molecule has 8 nitrogen and oxygen atoms in total. The average Bonchev–Trinajstić information content (AvgIpc) is 3.37. The molecule has 1 saturated heterocycles. The second kappa shape index (κ2) is 8.02. The third-order valence-corrected chi connectivity index (χ3v) is 4.92. The molecule has 0 saturated carbocycles. The zero-order valence-corrected chi connectivity index (χ0v) is 16.1. The Hall–Kier alpha value is -2.87. The van der Waals surface area contributed by atoms with Gasteiger partial charge in [0.05, 0.1) is 18.3 Å². The maximum atomic E-state index is 13.0. The number of allylic oxidation sites excluding steroid dienone is 1. The predicted octanol–water partition coefficient (Wildman–Crippen LogP) is 2.69. The van der Waals surface area contributed by atoms with Gasteiger partial charge in [0.15, 0.2) is 0 Å². The normalized spacial score (nSPS) is 21.2. The molecule has 1 aromatic heterocycles. The Morgan fingerprint density at radius 3 is 3.11 bits per heavy atom. The summed E-state index contributed by atoms with van der Waals surface area (Å²) in [5, 5.41) is 7.47. The number of fused-ring (bicyclic) bond motifs is 1. The van der Waals surface area contributed by atoms with Crippen LogP contribution in [0.2, 0.25) is 0 Å². The minimum Gasteiger partial charge on any atom is -0.494 e. The molecule has 0 spiro atoms. The number of nitrogens with zero attached hydrogens (tertiary/aromatic N) is 3. The summed E-state index contributed by atoms with van der Waals surface area (Å²) in [5.41, 5.74) is 2.08. The number of rotatable bonds is 6. The van der Waals surface area contributed by atoms with Gasteiger partial charge in [-0.25, -0.2) is 9.48 Å². The highest BCUT2D eigenvalue weighted by atomic mass is 16.6. The largest absolute Gasteiger partial charge is 0.494 e. The summed E-state index contributed by atoms with van der Waals surface area (Å²) in [6.07, 6.45) is 3.36. The molecule has 28 heavy (non-hydrogen) atoms. The van der Waals surface area contributed by atoms with Gasteiger partial charge < -0.3 is 19.5 Å². The van der Waals surface area contributed by atoms with Crippen molar-refractivity contribution in [2.45, 2.75) is 38.8 Å². The van der Waals surface area contributed by atoms with Gasteiger partial charge in [-0.2, -0.15) is 10.1 Å². The number of aromatic nitrogens is 3.